The fourth-order valence-electron chi connectivity index (χ4n) is 6.21. The van der Waals surface area contributed by atoms with Crippen molar-refractivity contribution in [3.05, 3.63) is 99.8 Å². The lowest BCUT2D eigenvalue weighted by atomic mass is 9.90. The van der Waals surface area contributed by atoms with Crippen molar-refractivity contribution in [2.75, 3.05) is 37.7 Å². The highest BCUT2D eigenvalue weighted by molar-refractivity contribution is 7.92. The van der Waals surface area contributed by atoms with Crippen LogP contribution in [0.5, 0.6) is 0 Å². The topological polar surface area (TPSA) is 112 Å². The molecule has 0 fully saturated rings. The molecule has 10 nitrogen and oxygen atoms in total. The Morgan fingerprint density at radius 1 is 0.933 bits per heavy atom. The van der Waals surface area contributed by atoms with Gasteiger partial charge in [0.05, 0.1) is 17.6 Å². The molecule has 2 heterocycles. The number of pyridine rings is 1. The van der Waals surface area contributed by atoms with Gasteiger partial charge in [-0.1, -0.05) is 42.0 Å². The minimum Gasteiger partial charge on any atom is -0.314 e. The quantitative estimate of drug-likeness (QED) is 0.337. The summed E-state index contributed by atoms with van der Waals surface area (Å²) in [5, 5.41) is 1.54. The molecule has 2 amide bonds. The van der Waals surface area contributed by atoms with Gasteiger partial charge in [-0.2, -0.15) is 0 Å². The molecule has 0 unspecified atom stereocenters. The molecule has 2 aliphatic rings. The Hall–Kier alpha value is -4.22. The molecule has 3 aromatic rings. The normalized spacial score (nSPS) is 17.1. The van der Waals surface area contributed by atoms with Gasteiger partial charge in [0.1, 0.15) is 5.41 Å². The number of para-hydroxylation sites is 1. The van der Waals surface area contributed by atoms with E-state index in [9.17, 15) is 22.8 Å². The van der Waals surface area contributed by atoms with Crippen molar-refractivity contribution < 1.29 is 18.0 Å². The van der Waals surface area contributed by atoms with E-state index < -0.39 is 15.4 Å². The fourth-order valence-corrected chi connectivity index (χ4v) is 6.81. The van der Waals surface area contributed by atoms with E-state index in [1.807, 2.05) is 61.7 Å². The van der Waals surface area contributed by atoms with E-state index in [0.717, 1.165) is 34.2 Å². The Balaban J connectivity index is 1.48. The number of hydrogen-bond donors (Lipinski definition) is 1. The maximum atomic E-state index is 13.4. The smallest absolute Gasteiger partial charge is 0.258 e. The summed E-state index contributed by atoms with van der Waals surface area (Å²) < 4.78 is 28.6. The maximum absolute atomic E-state index is 13.4. The van der Waals surface area contributed by atoms with Crippen LogP contribution >= 0.6 is 0 Å². The Labute approximate surface area is 264 Å². The molecule has 1 aromatic heterocycles. The van der Waals surface area contributed by atoms with E-state index in [1.165, 1.54) is 0 Å². The maximum Gasteiger partial charge on any atom is 0.258 e. The minimum absolute atomic E-state index is 0.0654. The van der Waals surface area contributed by atoms with Gasteiger partial charge in [-0.15, -0.1) is 0 Å². The summed E-state index contributed by atoms with van der Waals surface area (Å²) >= 11 is 0. The van der Waals surface area contributed by atoms with E-state index >= 15 is 0 Å². The van der Waals surface area contributed by atoms with Crippen molar-refractivity contribution in [1.29, 1.82) is 0 Å². The molecule has 0 radical (unpaired) electrons. The standard InChI is InChI=1S/C34H41N5O5S/c1-6-39-29-16-15-24(21-30(29)36(4)32(41)34(2,3)33(39)42)22-37(23-26-12-8-10-14-28(26)35-45(5,43)44)19-20-38-18-17-25-11-7-9-13-27(25)31(38)40/h7-14,17-18,21,35H,6,15-16,19-20,22-23H2,1-5H3. The number of likely N-dealkylation sites (N-methyl/N-ethyl adjacent to an activating group) is 1. The second-order valence-electron chi connectivity index (χ2n) is 12.3. The van der Waals surface area contributed by atoms with E-state index in [2.05, 4.69) is 9.62 Å². The van der Waals surface area contributed by atoms with Crippen LogP contribution in [0.3, 0.4) is 0 Å². The van der Waals surface area contributed by atoms with Crippen LogP contribution < -0.4 is 10.3 Å². The first-order valence-electron chi connectivity index (χ1n) is 15.2. The number of amides is 2. The monoisotopic (exact) mass is 631 g/mol. The van der Waals surface area contributed by atoms with Gasteiger partial charge in [0.2, 0.25) is 21.8 Å². The number of fused-ring (bicyclic) bond motifs is 1. The number of carbonyl (C=O) groups excluding carboxylic acids is 2. The van der Waals surface area contributed by atoms with Gasteiger partial charge in [-0.3, -0.25) is 24.0 Å². The van der Waals surface area contributed by atoms with Crippen LogP contribution in [-0.2, 0) is 32.7 Å². The third kappa shape index (κ3) is 6.74. The number of rotatable bonds is 10. The molecule has 45 heavy (non-hydrogen) atoms. The number of sulfonamides is 1. The highest BCUT2D eigenvalue weighted by Gasteiger charge is 2.46. The summed E-state index contributed by atoms with van der Waals surface area (Å²) in [5.74, 6) is -0.442. The first-order valence-corrected chi connectivity index (χ1v) is 17.1. The predicted molar refractivity (Wildman–Crippen MR) is 177 cm³/mol. The molecule has 1 aliphatic carbocycles. The van der Waals surface area contributed by atoms with Crippen molar-refractivity contribution in [2.24, 2.45) is 5.41 Å². The lowest BCUT2D eigenvalue weighted by Gasteiger charge is -2.31. The number of hydrogen-bond acceptors (Lipinski definition) is 6. The van der Waals surface area contributed by atoms with Gasteiger partial charge in [0.25, 0.3) is 5.56 Å². The van der Waals surface area contributed by atoms with Crippen molar-refractivity contribution in [1.82, 2.24) is 19.3 Å². The van der Waals surface area contributed by atoms with E-state index in [0.29, 0.717) is 56.6 Å². The molecule has 238 valence electrons. The Bertz CT molecular complexity index is 1870. The van der Waals surface area contributed by atoms with Gasteiger partial charge in [-0.05, 0) is 68.8 Å². The van der Waals surface area contributed by atoms with Crippen molar-refractivity contribution in [3.8, 4) is 0 Å². The van der Waals surface area contributed by atoms with Crippen LogP contribution in [0, 0.1) is 5.41 Å². The predicted octanol–water partition coefficient (Wildman–Crippen LogP) is 4.15. The number of carbonyl (C=O) groups is 2. The molecule has 11 heteroatoms. The van der Waals surface area contributed by atoms with Crippen molar-refractivity contribution in [2.45, 2.75) is 46.7 Å². The van der Waals surface area contributed by atoms with Gasteiger partial charge in [0.15, 0.2) is 0 Å². The lowest BCUT2D eigenvalue weighted by molar-refractivity contribution is -0.149. The second-order valence-corrected chi connectivity index (χ2v) is 14.1. The molecule has 0 bridgehead atoms. The number of anilines is 1. The summed E-state index contributed by atoms with van der Waals surface area (Å²) in [4.78, 5) is 45.6. The van der Waals surface area contributed by atoms with E-state index in [1.54, 1.807) is 47.4 Å². The lowest BCUT2D eigenvalue weighted by Crippen LogP contribution is -2.45. The summed E-state index contributed by atoms with van der Waals surface area (Å²) in [6.07, 6.45) is 6.26. The summed E-state index contributed by atoms with van der Waals surface area (Å²) in [6, 6.07) is 16.7. The first kappa shape index (κ1) is 32.2. The van der Waals surface area contributed by atoms with Crippen molar-refractivity contribution in [3.63, 3.8) is 0 Å². The van der Waals surface area contributed by atoms with Crippen LogP contribution in [0.25, 0.3) is 10.8 Å². The SMILES string of the molecule is CCN1C(=O)C(C)(C)C(=O)N(C)C2=C1CCC(CN(CCn1ccc3ccccc3c1=O)Cc1ccccc1NS(C)(=O)=O)=C2. The minimum atomic E-state index is -3.50. The largest absolute Gasteiger partial charge is 0.314 e. The molecule has 0 saturated carbocycles. The van der Waals surface area contributed by atoms with Gasteiger partial charge >= 0.3 is 0 Å². The van der Waals surface area contributed by atoms with Crippen molar-refractivity contribution >= 4 is 38.3 Å². The molecular weight excluding hydrogens is 590 g/mol. The van der Waals surface area contributed by atoms with Crippen LogP contribution in [0.2, 0.25) is 0 Å². The molecule has 5 rings (SSSR count). The average Bonchev–Trinajstić information content (AvgIpc) is 3.05. The highest BCUT2D eigenvalue weighted by atomic mass is 32.2. The second kappa shape index (κ2) is 12.6. The zero-order chi connectivity index (χ0) is 32.5. The highest BCUT2D eigenvalue weighted by Crippen LogP contribution is 2.37. The number of aromatic nitrogens is 1. The molecule has 0 atom stereocenters. The van der Waals surface area contributed by atoms with Gasteiger partial charge in [0, 0.05) is 57.1 Å². The third-order valence-electron chi connectivity index (χ3n) is 8.62. The van der Waals surface area contributed by atoms with Gasteiger partial charge < -0.3 is 14.4 Å². The van der Waals surface area contributed by atoms with Gasteiger partial charge in [-0.25, -0.2) is 8.42 Å². The molecule has 1 aliphatic heterocycles. The zero-order valence-corrected chi connectivity index (χ0v) is 27.4. The first-order chi connectivity index (χ1) is 21.3. The third-order valence-corrected chi connectivity index (χ3v) is 9.21. The molecule has 2 aromatic carbocycles. The fraction of sp³-hybridized carbons (Fsp3) is 0.382. The van der Waals surface area contributed by atoms with E-state index in [4.69, 9.17) is 0 Å². The van der Waals surface area contributed by atoms with E-state index in [-0.39, 0.29) is 17.4 Å². The van der Waals surface area contributed by atoms with Crippen LogP contribution in [-0.4, -0.2) is 72.4 Å². The molecule has 0 spiro atoms. The zero-order valence-electron chi connectivity index (χ0n) is 26.5. The van der Waals surface area contributed by atoms with Crippen LogP contribution in [0.15, 0.2) is 88.6 Å². The number of nitrogens with zero attached hydrogens (tertiary/aromatic N) is 4. The summed E-state index contributed by atoms with van der Waals surface area (Å²) in [7, 11) is -1.77. The Kier molecular flexibility index (Phi) is 9.04. The number of benzene rings is 2. The number of nitrogens with one attached hydrogen (secondary N) is 1. The summed E-state index contributed by atoms with van der Waals surface area (Å²) in [5.41, 5.74) is 2.73. The number of allylic oxidation sites excluding steroid dienone is 2. The average molecular weight is 632 g/mol. The Morgan fingerprint density at radius 3 is 2.38 bits per heavy atom. The summed E-state index contributed by atoms with van der Waals surface area (Å²) in [6.45, 7) is 7.64. The molecule has 0 saturated heterocycles. The molecule has 1 N–H and O–H groups in total. The van der Waals surface area contributed by atoms with Crippen LogP contribution in [0.1, 0.15) is 39.2 Å². The van der Waals surface area contributed by atoms with Crippen LogP contribution in [0.4, 0.5) is 5.69 Å². The molecular formula is C34H41N5O5S. The Morgan fingerprint density at radius 2 is 1.64 bits per heavy atom.